The van der Waals surface area contributed by atoms with Gasteiger partial charge in [0.05, 0.1) is 9.92 Å². The van der Waals surface area contributed by atoms with Crippen molar-refractivity contribution in [1.82, 2.24) is 9.29 Å². The normalized spacial score (nSPS) is 15.2. The molecule has 180 valence electrons. The van der Waals surface area contributed by atoms with Crippen LogP contribution in [0.4, 0.5) is 5.82 Å². The van der Waals surface area contributed by atoms with E-state index in [0.29, 0.717) is 18.1 Å². The summed E-state index contributed by atoms with van der Waals surface area (Å²) >= 11 is 13.2. The maximum atomic E-state index is 12.8. The van der Waals surface area contributed by atoms with Crippen molar-refractivity contribution in [3.05, 3.63) is 70.8 Å². The van der Waals surface area contributed by atoms with Gasteiger partial charge in [-0.2, -0.15) is 4.31 Å². The van der Waals surface area contributed by atoms with Crippen LogP contribution in [0, 0.1) is 0 Å². The molecule has 0 radical (unpaired) electrons. The number of rotatable bonds is 7. The second-order valence-electron chi connectivity index (χ2n) is 7.60. The first-order valence-corrected chi connectivity index (χ1v) is 14.9. The monoisotopic (exact) mass is 557 g/mol. The maximum absolute atomic E-state index is 12.8. The molecule has 1 saturated heterocycles. The summed E-state index contributed by atoms with van der Waals surface area (Å²) in [6.07, 6.45) is 4.37. The molecule has 0 atom stereocenters. The number of aromatic nitrogens is 1. The zero-order valence-electron chi connectivity index (χ0n) is 17.8. The van der Waals surface area contributed by atoms with Gasteiger partial charge in [0.25, 0.3) is 10.0 Å². The lowest BCUT2D eigenvalue weighted by Gasteiger charge is -2.25. The standard InChI is InChI=1S/C22H21Cl2N3O4S3/c23-16-4-10-21(20(24)14-16)33(28,29)26-22-11-7-18(15-25-22)32-17-5-8-19(9-6-17)34(30,31)27-12-2-1-3-13-27/h4-11,14-15H,1-3,12-13H2,(H,25,26). The molecule has 3 aromatic rings. The van der Waals surface area contributed by atoms with Gasteiger partial charge in [-0.15, -0.1) is 0 Å². The van der Waals surface area contributed by atoms with Gasteiger partial charge in [0, 0.05) is 34.1 Å². The fourth-order valence-corrected chi connectivity index (χ4v) is 7.54. The van der Waals surface area contributed by atoms with Gasteiger partial charge in [0.1, 0.15) is 10.7 Å². The summed E-state index contributed by atoms with van der Waals surface area (Å²) in [5.74, 6) is 0.137. The Morgan fingerprint density at radius 2 is 1.53 bits per heavy atom. The van der Waals surface area contributed by atoms with Crippen LogP contribution in [0.5, 0.6) is 0 Å². The Hall–Kier alpha value is -1.82. The highest BCUT2D eigenvalue weighted by Crippen LogP contribution is 2.30. The lowest BCUT2D eigenvalue weighted by atomic mass is 10.2. The van der Waals surface area contributed by atoms with Crippen LogP contribution in [-0.4, -0.2) is 39.2 Å². The molecule has 1 N–H and O–H groups in total. The van der Waals surface area contributed by atoms with E-state index in [0.717, 1.165) is 29.1 Å². The zero-order valence-corrected chi connectivity index (χ0v) is 21.8. The second kappa shape index (κ2) is 10.4. The Morgan fingerprint density at radius 1 is 0.853 bits per heavy atom. The number of hydrogen-bond donors (Lipinski definition) is 1. The van der Waals surface area contributed by atoms with Gasteiger partial charge in [-0.05, 0) is 67.4 Å². The van der Waals surface area contributed by atoms with Crippen molar-refractivity contribution in [2.24, 2.45) is 0 Å². The molecule has 0 amide bonds. The molecule has 1 fully saturated rings. The Balaban J connectivity index is 1.42. The molecule has 1 aromatic heterocycles. The van der Waals surface area contributed by atoms with Gasteiger partial charge in [-0.1, -0.05) is 41.4 Å². The number of nitrogens with zero attached hydrogens (tertiary/aromatic N) is 2. The second-order valence-corrected chi connectivity index (χ2v) is 13.2. The van der Waals surface area contributed by atoms with Crippen molar-refractivity contribution in [3.8, 4) is 0 Å². The molecule has 7 nitrogen and oxygen atoms in total. The van der Waals surface area contributed by atoms with Gasteiger partial charge in [0.2, 0.25) is 10.0 Å². The number of nitrogens with one attached hydrogen (secondary N) is 1. The average molecular weight is 559 g/mol. The van der Waals surface area contributed by atoms with Crippen molar-refractivity contribution in [3.63, 3.8) is 0 Å². The van der Waals surface area contributed by atoms with Crippen LogP contribution in [0.25, 0.3) is 0 Å². The SMILES string of the molecule is O=S(=O)(Nc1ccc(Sc2ccc(S(=O)(=O)N3CCCCC3)cc2)cn1)c1ccc(Cl)cc1Cl. The summed E-state index contributed by atoms with van der Waals surface area (Å²) in [7, 11) is -7.40. The summed E-state index contributed by atoms with van der Waals surface area (Å²) in [6.45, 7) is 1.12. The zero-order chi connectivity index (χ0) is 24.3. The maximum Gasteiger partial charge on any atom is 0.264 e. The van der Waals surface area contributed by atoms with Crippen LogP contribution in [0.1, 0.15) is 19.3 Å². The van der Waals surface area contributed by atoms with Gasteiger partial charge in [-0.3, -0.25) is 4.72 Å². The number of benzene rings is 2. The number of pyridine rings is 1. The van der Waals surface area contributed by atoms with E-state index in [4.69, 9.17) is 23.2 Å². The molecule has 0 aliphatic carbocycles. The fraction of sp³-hybridized carbons (Fsp3) is 0.227. The van der Waals surface area contributed by atoms with Crippen molar-refractivity contribution in [2.75, 3.05) is 17.8 Å². The predicted octanol–water partition coefficient (Wildman–Crippen LogP) is 5.52. The molecular weight excluding hydrogens is 537 g/mol. The van der Waals surface area contributed by atoms with Crippen LogP contribution in [0.2, 0.25) is 10.0 Å². The lowest BCUT2D eigenvalue weighted by Crippen LogP contribution is -2.35. The minimum absolute atomic E-state index is 0.0120. The van der Waals surface area contributed by atoms with E-state index in [1.807, 2.05) is 0 Å². The number of piperidine rings is 1. The van der Waals surface area contributed by atoms with Crippen LogP contribution < -0.4 is 4.72 Å². The molecule has 12 heteroatoms. The number of sulfonamides is 2. The van der Waals surface area contributed by atoms with Gasteiger partial charge >= 0.3 is 0 Å². The molecule has 2 aromatic carbocycles. The summed E-state index contributed by atoms with van der Waals surface area (Å²) in [5.41, 5.74) is 0. The van der Waals surface area contributed by atoms with Crippen molar-refractivity contribution < 1.29 is 16.8 Å². The highest BCUT2D eigenvalue weighted by molar-refractivity contribution is 7.99. The molecule has 0 unspecified atom stereocenters. The van der Waals surface area contributed by atoms with Crippen molar-refractivity contribution in [2.45, 2.75) is 38.8 Å². The molecule has 34 heavy (non-hydrogen) atoms. The van der Waals surface area contributed by atoms with Crippen molar-refractivity contribution in [1.29, 1.82) is 0 Å². The Kier molecular flexibility index (Phi) is 7.75. The smallest absolute Gasteiger partial charge is 0.263 e. The summed E-state index contributed by atoms with van der Waals surface area (Å²) < 4.78 is 54.7. The Labute approximate surface area is 213 Å². The first-order valence-electron chi connectivity index (χ1n) is 10.4. The third kappa shape index (κ3) is 5.87. The first kappa shape index (κ1) is 25.3. The van der Waals surface area contributed by atoms with E-state index in [9.17, 15) is 16.8 Å². The fourth-order valence-electron chi connectivity index (χ4n) is 3.46. The largest absolute Gasteiger partial charge is 0.264 e. The van der Waals surface area contributed by atoms with E-state index in [1.54, 1.807) is 40.7 Å². The first-order chi connectivity index (χ1) is 16.1. The quantitative estimate of drug-likeness (QED) is 0.411. The highest BCUT2D eigenvalue weighted by Gasteiger charge is 2.25. The molecule has 1 aliphatic heterocycles. The molecule has 1 aliphatic rings. The Bertz CT molecular complexity index is 1380. The molecule has 0 saturated carbocycles. The molecule has 0 bridgehead atoms. The van der Waals surface area contributed by atoms with E-state index in [-0.39, 0.29) is 20.6 Å². The summed E-state index contributed by atoms with van der Waals surface area (Å²) in [4.78, 5) is 5.95. The van der Waals surface area contributed by atoms with E-state index in [2.05, 4.69) is 9.71 Å². The number of halogens is 2. The van der Waals surface area contributed by atoms with Gasteiger partial charge in [-0.25, -0.2) is 21.8 Å². The molecule has 4 rings (SSSR count). The van der Waals surface area contributed by atoms with Crippen molar-refractivity contribution >= 4 is 60.8 Å². The van der Waals surface area contributed by atoms with Crippen LogP contribution in [0.3, 0.4) is 0 Å². The lowest BCUT2D eigenvalue weighted by molar-refractivity contribution is 0.346. The topological polar surface area (TPSA) is 96.4 Å². The van der Waals surface area contributed by atoms with Crippen LogP contribution in [0.15, 0.2) is 80.4 Å². The molecular formula is C22H21Cl2N3O4S3. The van der Waals surface area contributed by atoms with Gasteiger partial charge in [0.15, 0.2) is 0 Å². The minimum atomic E-state index is -3.93. The van der Waals surface area contributed by atoms with E-state index in [1.165, 1.54) is 36.2 Å². The van der Waals surface area contributed by atoms with E-state index >= 15 is 0 Å². The number of hydrogen-bond acceptors (Lipinski definition) is 6. The predicted molar refractivity (Wildman–Crippen MR) is 135 cm³/mol. The third-order valence-electron chi connectivity index (χ3n) is 5.17. The molecule has 0 spiro atoms. The Morgan fingerprint density at radius 3 is 2.15 bits per heavy atom. The number of anilines is 1. The van der Waals surface area contributed by atoms with Crippen LogP contribution >= 0.6 is 35.0 Å². The van der Waals surface area contributed by atoms with Crippen LogP contribution in [-0.2, 0) is 20.0 Å². The average Bonchev–Trinajstić information content (AvgIpc) is 2.81. The third-order valence-corrected chi connectivity index (χ3v) is 10.1. The minimum Gasteiger partial charge on any atom is -0.263 e. The summed E-state index contributed by atoms with van der Waals surface area (Å²) in [5, 5.41) is 0.346. The van der Waals surface area contributed by atoms with E-state index < -0.39 is 20.0 Å². The summed E-state index contributed by atoms with van der Waals surface area (Å²) in [6, 6.07) is 14.1. The highest BCUT2D eigenvalue weighted by atomic mass is 35.5. The molecule has 2 heterocycles. The van der Waals surface area contributed by atoms with Gasteiger partial charge < -0.3 is 0 Å².